The number of likely N-dealkylation sites (tertiary alicyclic amines) is 1. The number of likely N-dealkylation sites (N-methyl/N-ethyl adjacent to an activating group) is 1. The third-order valence-electron chi connectivity index (χ3n) is 5.87. The van der Waals surface area contributed by atoms with Crippen molar-refractivity contribution in [2.75, 3.05) is 40.9 Å². The number of hydrogen-bond donors (Lipinski definition) is 0. The topological polar surface area (TPSA) is 67.8 Å². The van der Waals surface area contributed by atoms with Gasteiger partial charge >= 0.3 is 0 Å². The molecule has 1 aromatic carbocycles. The number of carbonyl (C=O) groups is 1. The summed E-state index contributed by atoms with van der Waals surface area (Å²) in [6.07, 6.45) is 4.98. The van der Waals surface area contributed by atoms with Gasteiger partial charge in [0.15, 0.2) is 0 Å². The van der Waals surface area contributed by atoms with Gasteiger partial charge in [0.05, 0.1) is 25.5 Å². The first-order valence-electron chi connectivity index (χ1n) is 10.1. The zero-order valence-electron chi connectivity index (χ0n) is 17.4. The summed E-state index contributed by atoms with van der Waals surface area (Å²) in [6.45, 7) is 3.30. The summed E-state index contributed by atoms with van der Waals surface area (Å²) in [5, 5.41) is 0. The molecule has 1 fully saturated rings. The Labute approximate surface area is 171 Å². The van der Waals surface area contributed by atoms with E-state index in [1.807, 2.05) is 11.1 Å². The van der Waals surface area contributed by atoms with Crippen LogP contribution >= 0.6 is 0 Å². The zero-order chi connectivity index (χ0) is 20.4. The standard InChI is InChI=1S/C22H28N4O3/c1-25-9-4-5-15(13-25)21-23-12-16-14-26(10-8-19(16)24-21)22(27)18-11-17(28-2)6-7-20(18)29-3/h6-7,11-12,15H,4-5,8-10,13-14H2,1-3H3. The minimum atomic E-state index is -0.0654. The van der Waals surface area contributed by atoms with E-state index in [2.05, 4.69) is 16.9 Å². The second-order valence-corrected chi connectivity index (χ2v) is 7.84. The molecule has 1 saturated heterocycles. The van der Waals surface area contributed by atoms with E-state index >= 15 is 0 Å². The van der Waals surface area contributed by atoms with E-state index in [1.165, 1.54) is 6.42 Å². The van der Waals surface area contributed by atoms with E-state index in [4.69, 9.17) is 14.5 Å². The fourth-order valence-electron chi connectivity index (χ4n) is 4.23. The molecule has 0 aliphatic carbocycles. The van der Waals surface area contributed by atoms with E-state index < -0.39 is 0 Å². The van der Waals surface area contributed by atoms with Crippen LogP contribution < -0.4 is 9.47 Å². The van der Waals surface area contributed by atoms with Gasteiger partial charge in [0.2, 0.25) is 0 Å². The first-order valence-corrected chi connectivity index (χ1v) is 10.1. The Balaban J connectivity index is 1.52. The van der Waals surface area contributed by atoms with Gasteiger partial charge < -0.3 is 19.3 Å². The molecule has 0 spiro atoms. The minimum Gasteiger partial charge on any atom is -0.497 e. The highest BCUT2D eigenvalue weighted by Gasteiger charge is 2.27. The quantitative estimate of drug-likeness (QED) is 0.791. The molecule has 0 radical (unpaired) electrons. The molecule has 2 aromatic rings. The normalized spacial score (nSPS) is 19.6. The predicted octanol–water partition coefficient (Wildman–Crippen LogP) is 2.50. The summed E-state index contributed by atoms with van der Waals surface area (Å²) >= 11 is 0. The summed E-state index contributed by atoms with van der Waals surface area (Å²) in [7, 11) is 5.31. The summed E-state index contributed by atoms with van der Waals surface area (Å²) in [5.74, 6) is 2.47. The molecule has 3 heterocycles. The molecule has 0 saturated carbocycles. The molecule has 0 bridgehead atoms. The Morgan fingerprint density at radius 2 is 2.07 bits per heavy atom. The van der Waals surface area contributed by atoms with Crippen LogP contribution in [0.3, 0.4) is 0 Å². The van der Waals surface area contributed by atoms with Crippen molar-refractivity contribution in [2.24, 2.45) is 0 Å². The van der Waals surface area contributed by atoms with Crippen LogP contribution in [0.25, 0.3) is 0 Å². The van der Waals surface area contributed by atoms with E-state index in [1.54, 1.807) is 32.4 Å². The second-order valence-electron chi connectivity index (χ2n) is 7.84. The van der Waals surface area contributed by atoms with Gasteiger partial charge in [-0.1, -0.05) is 0 Å². The molecule has 1 amide bonds. The average Bonchev–Trinajstić information content (AvgIpc) is 2.77. The molecule has 2 aliphatic heterocycles. The summed E-state index contributed by atoms with van der Waals surface area (Å²) in [4.78, 5) is 26.9. The van der Waals surface area contributed by atoms with Crippen molar-refractivity contribution in [2.45, 2.75) is 31.7 Å². The number of carbonyl (C=O) groups excluding carboxylic acids is 1. The lowest BCUT2D eigenvalue weighted by atomic mass is 9.97. The molecule has 7 nitrogen and oxygen atoms in total. The number of piperidine rings is 1. The molecule has 2 aliphatic rings. The van der Waals surface area contributed by atoms with Crippen molar-refractivity contribution < 1.29 is 14.3 Å². The predicted molar refractivity (Wildman–Crippen MR) is 109 cm³/mol. The van der Waals surface area contributed by atoms with E-state index in [-0.39, 0.29) is 5.91 Å². The largest absolute Gasteiger partial charge is 0.497 e. The summed E-state index contributed by atoms with van der Waals surface area (Å²) in [5.41, 5.74) is 2.61. The molecule has 1 atom stereocenters. The number of ether oxygens (including phenoxy) is 2. The Hall–Kier alpha value is -2.67. The van der Waals surface area contributed by atoms with E-state index in [0.717, 1.165) is 43.0 Å². The van der Waals surface area contributed by atoms with Gasteiger partial charge in [0, 0.05) is 43.7 Å². The monoisotopic (exact) mass is 396 g/mol. The number of amides is 1. The van der Waals surface area contributed by atoms with Crippen LogP contribution in [0, 0.1) is 0 Å². The Bertz CT molecular complexity index is 902. The van der Waals surface area contributed by atoms with Crippen LogP contribution in [0.5, 0.6) is 11.5 Å². The lowest BCUT2D eigenvalue weighted by Gasteiger charge is -2.31. The SMILES string of the molecule is COc1ccc(OC)c(C(=O)N2CCc3nc(C4CCCN(C)C4)ncc3C2)c1. The van der Waals surface area contributed by atoms with Gasteiger partial charge in [-0.3, -0.25) is 4.79 Å². The number of hydrogen-bond acceptors (Lipinski definition) is 6. The van der Waals surface area contributed by atoms with Gasteiger partial charge in [0.1, 0.15) is 17.3 Å². The van der Waals surface area contributed by atoms with Crippen molar-refractivity contribution in [3.05, 3.63) is 47.0 Å². The number of methoxy groups -OCH3 is 2. The molecule has 4 rings (SSSR count). The number of aromatic nitrogens is 2. The molecule has 29 heavy (non-hydrogen) atoms. The van der Waals surface area contributed by atoms with Crippen LogP contribution in [0.1, 0.15) is 46.2 Å². The van der Waals surface area contributed by atoms with E-state index in [9.17, 15) is 4.79 Å². The zero-order valence-corrected chi connectivity index (χ0v) is 17.4. The van der Waals surface area contributed by atoms with Crippen LogP contribution in [0.2, 0.25) is 0 Å². The van der Waals surface area contributed by atoms with Crippen molar-refractivity contribution in [3.8, 4) is 11.5 Å². The summed E-state index contributed by atoms with van der Waals surface area (Å²) in [6, 6.07) is 5.29. The smallest absolute Gasteiger partial charge is 0.258 e. The maximum Gasteiger partial charge on any atom is 0.258 e. The lowest BCUT2D eigenvalue weighted by Crippen LogP contribution is -2.37. The third kappa shape index (κ3) is 4.05. The molecule has 7 heteroatoms. The van der Waals surface area contributed by atoms with Gasteiger partial charge in [-0.25, -0.2) is 9.97 Å². The van der Waals surface area contributed by atoms with Gasteiger partial charge in [0.25, 0.3) is 5.91 Å². The van der Waals surface area contributed by atoms with Gasteiger partial charge in [-0.15, -0.1) is 0 Å². The maximum atomic E-state index is 13.2. The number of fused-ring (bicyclic) bond motifs is 1. The molecule has 0 N–H and O–H groups in total. The maximum absolute atomic E-state index is 13.2. The Kier molecular flexibility index (Phi) is 5.67. The van der Waals surface area contributed by atoms with E-state index in [0.29, 0.717) is 36.1 Å². The van der Waals surface area contributed by atoms with Crippen LogP contribution in [-0.2, 0) is 13.0 Å². The molecule has 1 unspecified atom stereocenters. The molecular weight excluding hydrogens is 368 g/mol. The van der Waals surface area contributed by atoms with Crippen molar-refractivity contribution in [1.29, 1.82) is 0 Å². The lowest BCUT2D eigenvalue weighted by molar-refractivity contribution is 0.0729. The molecule has 1 aromatic heterocycles. The molecule has 154 valence electrons. The fraction of sp³-hybridized carbons (Fsp3) is 0.500. The highest BCUT2D eigenvalue weighted by Crippen LogP contribution is 2.29. The highest BCUT2D eigenvalue weighted by molar-refractivity contribution is 5.97. The first-order chi connectivity index (χ1) is 14.1. The van der Waals surface area contributed by atoms with Crippen LogP contribution in [-0.4, -0.2) is 66.6 Å². The Morgan fingerprint density at radius 1 is 1.21 bits per heavy atom. The summed E-state index contributed by atoms with van der Waals surface area (Å²) < 4.78 is 10.7. The third-order valence-corrected chi connectivity index (χ3v) is 5.87. The van der Waals surface area contributed by atoms with Crippen LogP contribution in [0.4, 0.5) is 0 Å². The second kappa shape index (κ2) is 8.37. The average molecular weight is 396 g/mol. The van der Waals surface area contributed by atoms with Crippen LogP contribution in [0.15, 0.2) is 24.4 Å². The number of benzene rings is 1. The van der Waals surface area contributed by atoms with Gasteiger partial charge in [-0.05, 0) is 44.6 Å². The first kappa shape index (κ1) is 19.6. The van der Waals surface area contributed by atoms with Crippen molar-refractivity contribution in [3.63, 3.8) is 0 Å². The van der Waals surface area contributed by atoms with Crippen molar-refractivity contribution in [1.82, 2.24) is 19.8 Å². The van der Waals surface area contributed by atoms with Gasteiger partial charge in [-0.2, -0.15) is 0 Å². The number of rotatable bonds is 4. The highest BCUT2D eigenvalue weighted by atomic mass is 16.5. The fourth-order valence-corrected chi connectivity index (χ4v) is 4.23. The minimum absolute atomic E-state index is 0.0654. The number of nitrogens with zero attached hydrogens (tertiary/aromatic N) is 4. The molecular formula is C22H28N4O3. The Morgan fingerprint density at radius 3 is 2.83 bits per heavy atom. The van der Waals surface area contributed by atoms with Crippen molar-refractivity contribution >= 4 is 5.91 Å².